The molecule has 1 nitrogen and oxygen atoms in total. The fourth-order valence-electron chi connectivity index (χ4n) is 15.8. The minimum absolute atomic E-state index is 1.17. The van der Waals surface area contributed by atoms with Crippen LogP contribution in [0.3, 0.4) is 0 Å². The van der Waals surface area contributed by atoms with Crippen molar-refractivity contribution in [3.05, 3.63) is 303 Å². The first kappa shape index (κ1) is 57.1. The number of hydrogen-bond acceptors (Lipinski definition) is 1. The van der Waals surface area contributed by atoms with E-state index in [1.165, 1.54) is 215 Å². The molecule has 91 heavy (non-hydrogen) atoms. The molecular formula is C90H75N. The quantitative estimate of drug-likeness (QED) is 0.139. The Morgan fingerprint density at radius 2 is 0.385 bits per heavy atom. The fourth-order valence-corrected chi connectivity index (χ4v) is 15.8. The average molecular weight is 1170 g/mol. The molecule has 0 atom stereocenters. The van der Waals surface area contributed by atoms with E-state index in [4.69, 9.17) is 0 Å². The SMILES string of the molecule is Cc1cc(N(c2cc(C)c(-c3c(C)cc(-c4c(C)ccc5ccccc45)c4ccccc34)cc2C)c2cc(C)c(-c3c(C)cc(-c4c(C)ccc5ccccc45)c4ccccc34)cc2C)c(C)cc1-c1c(C)cc(-c2c(C)ccc3ccccc23)c2ccccc12. The highest BCUT2D eigenvalue weighted by Gasteiger charge is 2.27. The standard InChI is InChI=1S/C90H75N/c1-52-37-40-64-25-13-16-28-67(64)85(52)79-46-61(10)88(73-34-22-19-31-70(73)79)76-43-58(7)82(49-55(76)4)91(83-50-56(5)77(44-59(83)8)89-62(11)47-80(71-32-20-23-35-74(71)89)86-53(2)38-41-65-26-14-17-29-68(65)86)84-51-57(6)78(45-60(84)9)90-63(12)48-81(72-33-21-24-36-75(72)90)87-54(3)39-42-66-27-15-18-30-69(66)87/h13-51H,1-12H3. The van der Waals surface area contributed by atoms with E-state index in [9.17, 15) is 0 Å². The highest BCUT2D eigenvalue weighted by atomic mass is 15.1. The van der Waals surface area contributed by atoms with Crippen LogP contribution in [0.1, 0.15) is 66.8 Å². The lowest BCUT2D eigenvalue weighted by atomic mass is 9.83. The Bertz CT molecular complexity index is 5010. The Morgan fingerprint density at radius 3 is 0.659 bits per heavy atom. The van der Waals surface area contributed by atoms with Crippen LogP contribution in [0.15, 0.2) is 237 Å². The molecule has 0 aliphatic heterocycles. The summed E-state index contributed by atoms with van der Waals surface area (Å²) in [5, 5.41) is 15.3. The number of rotatable bonds is 9. The second-order valence-electron chi connectivity index (χ2n) is 26.1. The lowest BCUT2D eigenvalue weighted by Crippen LogP contribution is -2.15. The Balaban J connectivity index is 0.919. The van der Waals surface area contributed by atoms with Gasteiger partial charge in [-0.15, -0.1) is 0 Å². The maximum absolute atomic E-state index is 2.59. The van der Waals surface area contributed by atoms with Crippen molar-refractivity contribution in [3.63, 3.8) is 0 Å². The molecule has 0 aliphatic rings. The molecule has 0 fully saturated rings. The van der Waals surface area contributed by atoms with Gasteiger partial charge >= 0.3 is 0 Å². The van der Waals surface area contributed by atoms with Gasteiger partial charge in [-0.25, -0.2) is 0 Å². The van der Waals surface area contributed by atoms with Crippen LogP contribution in [-0.4, -0.2) is 0 Å². The van der Waals surface area contributed by atoms with Gasteiger partial charge in [0, 0.05) is 17.1 Å². The summed E-state index contributed by atoms with van der Waals surface area (Å²) in [6, 6.07) is 89.6. The topological polar surface area (TPSA) is 3.24 Å². The molecule has 0 bridgehead atoms. The summed E-state index contributed by atoms with van der Waals surface area (Å²) in [6.45, 7) is 27.7. The van der Waals surface area contributed by atoms with E-state index < -0.39 is 0 Å². The Hall–Kier alpha value is -10.3. The van der Waals surface area contributed by atoms with Crippen LogP contribution in [0.2, 0.25) is 0 Å². The van der Waals surface area contributed by atoms with Crippen molar-refractivity contribution in [2.75, 3.05) is 4.90 Å². The van der Waals surface area contributed by atoms with Gasteiger partial charge in [-0.1, -0.05) is 200 Å². The number of nitrogens with zero attached hydrogens (tertiary/aromatic N) is 1. The van der Waals surface area contributed by atoms with Gasteiger partial charge in [0.15, 0.2) is 0 Å². The summed E-state index contributed by atoms with van der Waals surface area (Å²) in [6.07, 6.45) is 0. The van der Waals surface area contributed by atoms with Crippen LogP contribution in [0.4, 0.5) is 17.1 Å². The monoisotopic (exact) mass is 1170 g/mol. The third-order valence-electron chi connectivity index (χ3n) is 20.1. The van der Waals surface area contributed by atoms with Crippen molar-refractivity contribution < 1.29 is 0 Å². The van der Waals surface area contributed by atoms with E-state index in [-0.39, 0.29) is 0 Å². The van der Waals surface area contributed by atoms with Crippen LogP contribution < -0.4 is 4.90 Å². The number of aryl methyl sites for hydroxylation is 12. The van der Waals surface area contributed by atoms with Crippen molar-refractivity contribution in [1.29, 1.82) is 0 Å². The summed E-state index contributed by atoms with van der Waals surface area (Å²) >= 11 is 0. The molecule has 15 aromatic carbocycles. The predicted octanol–water partition coefficient (Wildman–Crippen LogP) is 25.8. The Kier molecular flexibility index (Phi) is 14.0. The first-order chi connectivity index (χ1) is 44.1. The summed E-state index contributed by atoms with van der Waals surface area (Å²) in [4.78, 5) is 2.59. The average Bonchev–Trinajstić information content (AvgIpc) is 0.804. The molecule has 0 heterocycles. The molecule has 0 saturated carbocycles. The van der Waals surface area contributed by atoms with Crippen LogP contribution in [0, 0.1) is 83.1 Å². The molecule has 0 aromatic heterocycles. The normalized spacial score (nSPS) is 11.7. The zero-order valence-electron chi connectivity index (χ0n) is 54.5. The van der Waals surface area contributed by atoms with Gasteiger partial charge in [0.1, 0.15) is 0 Å². The van der Waals surface area contributed by atoms with Crippen molar-refractivity contribution in [1.82, 2.24) is 0 Å². The zero-order valence-corrected chi connectivity index (χ0v) is 54.5. The zero-order chi connectivity index (χ0) is 62.7. The van der Waals surface area contributed by atoms with Gasteiger partial charge in [0.05, 0.1) is 0 Å². The molecule has 0 N–H and O–H groups in total. The van der Waals surface area contributed by atoms with Crippen LogP contribution >= 0.6 is 0 Å². The van der Waals surface area contributed by atoms with Crippen molar-refractivity contribution >= 4 is 81.7 Å². The maximum atomic E-state index is 2.59. The molecule has 440 valence electrons. The lowest BCUT2D eigenvalue weighted by molar-refractivity contribution is 1.18. The molecule has 0 spiro atoms. The van der Waals surface area contributed by atoms with E-state index in [1.807, 2.05) is 0 Å². The van der Waals surface area contributed by atoms with Crippen molar-refractivity contribution in [3.8, 4) is 66.8 Å². The molecule has 0 unspecified atom stereocenters. The maximum Gasteiger partial charge on any atom is 0.0494 e. The predicted molar refractivity (Wildman–Crippen MR) is 396 cm³/mol. The Morgan fingerprint density at radius 1 is 0.165 bits per heavy atom. The van der Waals surface area contributed by atoms with Gasteiger partial charge in [0.2, 0.25) is 0 Å². The summed E-state index contributed by atoms with van der Waals surface area (Å²) in [5.41, 5.74) is 33.9. The third kappa shape index (κ3) is 9.35. The third-order valence-corrected chi connectivity index (χ3v) is 20.1. The number of anilines is 3. The van der Waals surface area contributed by atoms with Crippen LogP contribution in [0.5, 0.6) is 0 Å². The molecule has 0 aliphatic carbocycles. The molecule has 0 saturated heterocycles. The number of hydrogen-bond donors (Lipinski definition) is 0. The van der Waals surface area contributed by atoms with Gasteiger partial charge in [-0.3, -0.25) is 0 Å². The largest absolute Gasteiger partial charge is 0.310 e. The molecule has 0 amide bonds. The van der Waals surface area contributed by atoms with E-state index in [2.05, 4.69) is 325 Å². The summed E-state index contributed by atoms with van der Waals surface area (Å²) < 4.78 is 0. The first-order valence-corrected chi connectivity index (χ1v) is 32.3. The van der Waals surface area contributed by atoms with E-state index in [1.54, 1.807) is 0 Å². The summed E-state index contributed by atoms with van der Waals surface area (Å²) in [7, 11) is 0. The van der Waals surface area contributed by atoms with Crippen LogP contribution in [0.25, 0.3) is 131 Å². The fraction of sp³-hybridized carbons (Fsp3) is 0.133. The number of benzene rings is 15. The van der Waals surface area contributed by atoms with E-state index in [0.29, 0.717) is 0 Å². The second kappa shape index (κ2) is 22.3. The minimum atomic E-state index is 1.17. The molecule has 1 heteroatoms. The van der Waals surface area contributed by atoms with Crippen LogP contribution in [-0.2, 0) is 0 Å². The van der Waals surface area contributed by atoms with Gasteiger partial charge in [-0.2, -0.15) is 0 Å². The Labute approximate surface area is 536 Å². The molecule has 0 radical (unpaired) electrons. The van der Waals surface area contributed by atoms with E-state index in [0.717, 1.165) is 0 Å². The highest BCUT2D eigenvalue weighted by molar-refractivity contribution is 6.15. The lowest BCUT2D eigenvalue weighted by Gasteiger charge is -2.32. The van der Waals surface area contributed by atoms with E-state index >= 15 is 0 Å². The molecule has 15 aromatic rings. The minimum Gasteiger partial charge on any atom is -0.310 e. The van der Waals surface area contributed by atoms with Crippen molar-refractivity contribution in [2.24, 2.45) is 0 Å². The van der Waals surface area contributed by atoms with Gasteiger partial charge < -0.3 is 4.90 Å². The van der Waals surface area contributed by atoms with Gasteiger partial charge in [-0.05, 0) is 318 Å². The smallest absolute Gasteiger partial charge is 0.0494 e. The van der Waals surface area contributed by atoms with Crippen molar-refractivity contribution in [2.45, 2.75) is 83.1 Å². The first-order valence-electron chi connectivity index (χ1n) is 32.3. The highest BCUT2D eigenvalue weighted by Crippen LogP contribution is 2.51. The molecule has 15 rings (SSSR count). The second-order valence-corrected chi connectivity index (χ2v) is 26.1. The van der Waals surface area contributed by atoms with Gasteiger partial charge in [0.25, 0.3) is 0 Å². The molecular weight excluding hydrogens is 1090 g/mol. The number of fused-ring (bicyclic) bond motifs is 6. The summed E-state index contributed by atoms with van der Waals surface area (Å²) in [5.74, 6) is 0.